The molecule has 0 spiro atoms. The van der Waals surface area contributed by atoms with Crippen LogP contribution >= 0.6 is 31.9 Å². The Labute approximate surface area is 137 Å². The number of rotatable bonds is 3. The fraction of sp³-hybridized carbons (Fsp3) is 0.167. The lowest BCUT2D eigenvalue weighted by Gasteiger charge is -1.99. The molecule has 0 aliphatic rings. The molecule has 7 nitrogen and oxygen atoms in total. The van der Waals surface area contributed by atoms with Gasteiger partial charge >= 0.3 is 5.82 Å². The second-order valence-electron chi connectivity index (χ2n) is 3.48. The maximum absolute atomic E-state index is 10.3. The first-order valence-corrected chi connectivity index (χ1v) is 7.05. The third kappa shape index (κ3) is 5.64. The van der Waals surface area contributed by atoms with Crippen molar-refractivity contribution in [2.24, 2.45) is 0 Å². The van der Waals surface area contributed by atoms with Gasteiger partial charge < -0.3 is 19.6 Å². The van der Waals surface area contributed by atoms with E-state index >= 15 is 0 Å². The van der Waals surface area contributed by atoms with Gasteiger partial charge in [-0.25, -0.2) is 0 Å². The Morgan fingerprint density at radius 3 is 2.24 bits per heavy atom. The Morgan fingerprint density at radius 1 is 1.10 bits per heavy atom. The van der Waals surface area contributed by atoms with E-state index in [-0.39, 0.29) is 11.6 Å². The third-order valence-electron chi connectivity index (χ3n) is 2.11. The Bertz CT molecular complexity index is 625. The number of methoxy groups -OCH3 is 2. The Balaban J connectivity index is 0.000000219. The SMILES string of the molecule is COc1cc(Br)cnc1[N+](=O)[O-].COc1cncc(Br)c1. The van der Waals surface area contributed by atoms with Crippen molar-refractivity contribution in [3.8, 4) is 11.5 Å². The van der Waals surface area contributed by atoms with Gasteiger partial charge in [0.05, 0.1) is 24.9 Å². The Hall–Kier alpha value is -1.74. The summed E-state index contributed by atoms with van der Waals surface area (Å²) >= 11 is 6.38. The van der Waals surface area contributed by atoms with Gasteiger partial charge in [-0.1, -0.05) is 0 Å². The number of nitrogens with zero attached hydrogens (tertiary/aromatic N) is 3. The molecule has 2 heterocycles. The molecule has 0 aliphatic carbocycles. The van der Waals surface area contributed by atoms with E-state index in [9.17, 15) is 10.1 Å². The number of hydrogen-bond acceptors (Lipinski definition) is 6. The molecule has 0 bridgehead atoms. The predicted octanol–water partition coefficient (Wildman–Crippen LogP) is 3.61. The van der Waals surface area contributed by atoms with Crippen LogP contribution in [0.3, 0.4) is 0 Å². The highest BCUT2D eigenvalue weighted by molar-refractivity contribution is 9.10. The summed E-state index contributed by atoms with van der Waals surface area (Å²) in [7, 11) is 2.97. The second kappa shape index (κ2) is 8.53. The molecular weight excluding hydrogens is 410 g/mol. The van der Waals surface area contributed by atoms with E-state index in [1.54, 1.807) is 19.5 Å². The summed E-state index contributed by atoms with van der Waals surface area (Å²) in [6.07, 6.45) is 4.72. The van der Waals surface area contributed by atoms with E-state index in [1.807, 2.05) is 6.07 Å². The highest BCUT2D eigenvalue weighted by atomic mass is 79.9. The van der Waals surface area contributed by atoms with E-state index in [1.165, 1.54) is 19.4 Å². The van der Waals surface area contributed by atoms with Crippen molar-refractivity contribution < 1.29 is 14.4 Å². The highest BCUT2D eigenvalue weighted by Crippen LogP contribution is 2.26. The number of aromatic nitrogens is 2. The summed E-state index contributed by atoms with van der Waals surface area (Å²) in [6.45, 7) is 0. The molecule has 9 heteroatoms. The fourth-order valence-electron chi connectivity index (χ4n) is 1.20. The molecule has 0 fully saturated rings. The number of halogens is 2. The van der Waals surface area contributed by atoms with E-state index in [0.717, 1.165) is 10.2 Å². The molecule has 0 aromatic carbocycles. The van der Waals surface area contributed by atoms with Gasteiger partial charge in [-0.3, -0.25) is 4.98 Å². The van der Waals surface area contributed by atoms with Crippen molar-refractivity contribution >= 4 is 37.7 Å². The van der Waals surface area contributed by atoms with Crippen LogP contribution in [0.2, 0.25) is 0 Å². The van der Waals surface area contributed by atoms with Crippen LogP contribution in [0.5, 0.6) is 11.5 Å². The van der Waals surface area contributed by atoms with Gasteiger partial charge in [0.25, 0.3) is 0 Å². The smallest absolute Gasteiger partial charge is 0.406 e. The van der Waals surface area contributed by atoms with Crippen molar-refractivity contribution in [2.45, 2.75) is 0 Å². The Kier molecular flexibility index (Phi) is 7.03. The maximum Gasteiger partial charge on any atom is 0.406 e. The van der Waals surface area contributed by atoms with Gasteiger partial charge in [0, 0.05) is 16.7 Å². The largest absolute Gasteiger partial charge is 0.495 e. The van der Waals surface area contributed by atoms with E-state index < -0.39 is 4.92 Å². The van der Waals surface area contributed by atoms with Gasteiger partial charge in [-0.2, -0.15) is 0 Å². The zero-order chi connectivity index (χ0) is 15.8. The van der Waals surface area contributed by atoms with Crippen LogP contribution in [0.1, 0.15) is 0 Å². The first-order chi connectivity index (χ1) is 9.97. The molecule has 0 aliphatic heterocycles. The van der Waals surface area contributed by atoms with Crippen molar-refractivity contribution in [1.29, 1.82) is 0 Å². The summed E-state index contributed by atoms with van der Waals surface area (Å²) in [5, 5.41) is 10.3. The zero-order valence-electron chi connectivity index (χ0n) is 11.1. The summed E-state index contributed by atoms with van der Waals surface area (Å²) < 4.78 is 11.2. The minimum atomic E-state index is -0.592. The quantitative estimate of drug-likeness (QED) is 0.556. The van der Waals surface area contributed by atoms with Crippen molar-refractivity contribution in [1.82, 2.24) is 9.97 Å². The minimum Gasteiger partial charge on any atom is -0.495 e. The van der Waals surface area contributed by atoms with Crippen LogP contribution in [-0.4, -0.2) is 29.1 Å². The Morgan fingerprint density at radius 2 is 1.76 bits per heavy atom. The van der Waals surface area contributed by atoms with E-state index in [4.69, 9.17) is 9.47 Å². The van der Waals surface area contributed by atoms with Crippen LogP contribution in [-0.2, 0) is 0 Å². The summed E-state index contributed by atoms with van der Waals surface area (Å²) in [5.41, 5.74) is 0. The van der Waals surface area contributed by atoms with Crippen LogP contribution in [0.25, 0.3) is 0 Å². The van der Waals surface area contributed by atoms with Crippen LogP contribution in [0, 0.1) is 10.1 Å². The van der Waals surface area contributed by atoms with Gasteiger partial charge in [-0.05, 0) is 47.8 Å². The third-order valence-corrected chi connectivity index (χ3v) is 2.98. The summed E-state index contributed by atoms with van der Waals surface area (Å²) in [4.78, 5) is 17.2. The first kappa shape index (κ1) is 17.3. The molecule has 0 amide bonds. The van der Waals surface area contributed by atoms with Gasteiger partial charge in [0.15, 0.2) is 6.20 Å². The maximum atomic E-state index is 10.3. The molecule has 0 radical (unpaired) electrons. The standard InChI is InChI=1S/C6H5BrN2O3.C6H6BrNO/c1-12-5-2-4(7)3-8-6(5)9(10)11;1-9-6-2-5(7)3-8-4-6/h2-3H,1H3;2-4H,1H3. The summed E-state index contributed by atoms with van der Waals surface area (Å²) in [5.74, 6) is 0.638. The molecule has 0 saturated carbocycles. The average molecular weight is 421 g/mol. The van der Waals surface area contributed by atoms with Crippen molar-refractivity contribution in [3.63, 3.8) is 0 Å². The molecule has 21 heavy (non-hydrogen) atoms. The highest BCUT2D eigenvalue weighted by Gasteiger charge is 2.15. The molecular formula is C12H11Br2N3O4. The summed E-state index contributed by atoms with van der Waals surface area (Å²) in [6, 6.07) is 3.35. The predicted molar refractivity (Wildman–Crippen MR) is 83.6 cm³/mol. The minimum absolute atomic E-state index is 0.148. The molecule has 2 aromatic rings. The molecule has 0 unspecified atom stereocenters. The number of hydrogen-bond donors (Lipinski definition) is 0. The topological polar surface area (TPSA) is 87.4 Å². The number of pyridine rings is 2. The van der Waals surface area contributed by atoms with Gasteiger partial charge in [0.2, 0.25) is 5.75 Å². The lowest BCUT2D eigenvalue weighted by Crippen LogP contribution is -1.96. The van der Waals surface area contributed by atoms with Crippen LogP contribution in [0.4, 0.5) is 5.82 Å². The second-order valence-corrected chi connectivity index (χ2v) is 5.31. The molecule has 0 N–H and O–H groups in total. The molecule has 112 valence electrons. The first-order valence-electron chi connectivity index (χ1n) is 5.46. The van der Waals surface area contributed by atoms with Crippen molar-refractivity contribution in [2.75, 3.05) is 14.2 Å². The lowest BCUT2D eigenvalue weighted by molar-refractivity contribution is -0.390. The fourth-order valence-corrected chi connectivity index (χ4v) is 1.86. The van der Waals surface area contributed by atoms with Gasteiger partial charge in [-0.15, -0.1) is 0 Å². The molecule has 2 rings (SSSR count). The van der Waals surface area contributed by atoms with Crippen LogP contribution < -0.4 is 9.47 Å². The normalized spacial score (nSPS) is 9.33. The van der Waals surface area contributed by atoms with Gasteiger partial charge in [0.1, 0.15) is 5.75 Å². The molecule has 2 aromatic heterocycles. The average Bonchev–Trinajstić information content (AvgIpc) is 2.47. The van der Waals surface area contributed by atoms with Crippen LogP contribution in [0.15, 0.2) is 39.7 Å². The van der Waals surface area contributed by atoms with E-state index in [2.05, 4.69) is 41.8 Å². The zero-order valence-corrected chi connectivity index (χ0v) is 14.3. The van der Waals surface area contributed by atoms with Crippen molar-refractivity contribution in [3.05, 3.63) is 49.8 Å². The lowest BCUT2D eigenvalue weighted by atomic mass is 10.4. The number of ether oxygens (including phenoxy) is 2. The molecule has 0 atom stereocenters. The monoisotopic (exact) mass is 419 g/mol. The van der Waals surface area contributed by atoms with E-state index in [0.29, 0.717) is 4.47 Å². The number of nitro groups is 1. The molecule has 0 saturated heterocycles.